The summed E-state index contributed by atoms with van der Waals surface area (Å²) in [5, 5.41) is 0. The van der Waals surface area contributed by atoms with Gasteiger partial charge >= 0.3 is 5.69 Å². The van der Waals surface area contributed by atoms with Gasteiger partial charge in [-0.25, -0.2) is 9.78 Å². The van der Waals surface area contributed by atoms with Crippen molar-refractivity contribution in [2.75, 3.05) is 14.1 Å². The number of hydrogen-bond acceptors (Lipinski definition) is 5. The maximum Gasteiger partial charge on any atom is 0.332 e. The Kier molecular flexibility index (Phi) is 6.34. The molecule has 2 aromatic heterocycles. The van der Waals surface area contributed by atoms with E-state index in [0.717, 1.165) is 16.0 Å². The van der Waals surface area contributed by atoms with Crippen molar-refractivity contribution >= 4 is 23.1 Å². The fraction of sp³-hybridized carbons (Fsp3) is 0.292. The number of hydrogen-bond donors (Lipinski definition) is 0. The van der Waals surface area contributed by atoms with E-state index in [-0.39, 0.29) is 11.2 Å². The smallest absolute Gasteiger partial charge is 0.314 e. The van der Waals surface area contributed by atoms with Gasteiger partial charge in [0.25, 0.3) is 5.56 Å². The average molecular weight is 450 g/mol. The van der Waals surface area contributed by atoms with Gasteiger partial charge in [-0.05, 0) is 50.2 Å². The number of imidazole rings is 1. The van der Waals surface area contributed by atoms with Gasteiger partial charge in [-0.3, -0.25) is 18.2 Å². The van der Waals surface area contributed by atoms with Gasteiger partial charge in [-0.1, -0.05) is 49.4 Å². The van der Waals surface area contributed by atoms with Crippen LogP contribution in [0.3, 0.4) is 0 Å². The third-order valence-electron chi connectivity index (χ3n) is 5.26. The lowest BCUT2D eigenvalue weighted by atomic mass is 10.2. The molecule has 4 rings (SSSR count). The van der Waals surface area contributed by atoms with Crippen LogP contribution >= 0.6 is 11.9 Å². The van der Waals surface area contributed by atoms with E-state index in [4.69, 9.17) is 4.98 Å². The zero-order valence-corrected chi connectivity index (χ0v) is 19.6. The van der Waals surface area contributed by atoms with Gasteiger partial charge in [0.2, 0.25) is 0 Å². The summed E-state index contributed by atoms with van der Waals surface area (Å²) in [5.74, 6) is 0.673. The first-order valence-electron chi connectivity index (χ1n) is 10.6. The Bertz CT molecular complexity index is 1350. The molecule has 0 saturated carbocycles. The van der Waals surface area contributed by atoms with Gasteiger partial charge in [0, 0.05) is 30.6 Å². The van der Waals surface area contributed by atoms with Crippen LogP contribution in [0.5, 0.6) is 0 Å². The molecule has 32 heavy (non-hydrogen) atoms. The molecule has 2 heterocycles. The summed E-state index contributed by atoms with van der Waals surface area (Å²) in [6.07, 6.45) is 0.700. The summed E-state index contributed by atoms with van der Waals surface area (Å²) in [6.45, 7) is 2.82. The molecule has 0 bridgehead atoms. The van der Waals surface area contributed by atoms with Crippen LogP contribution in [0.2, 0.25) is 0 Å². The Labute approximate surface area is 191 Å². The molecule has 0 fully saturated rings. The van der Waals surface area contributed by atoms with Crippen LogP contribution in [-0.2, 0) is 20.1 Å². The standard InChI is InChI=1S/C24H27N5O2S/c1-5-15-28-23(30)20-22(27(4)24(28)31)25-21(29(20)16-17-9-7-6-8-10-17)18-11-13-19(14-12-18)32-26(2)3/h6-14H,5,15-16H2,1-4H3. The Hall–Kier alpha value is -3.10. The minimum absolute atomic E-state index is 0.292. The molecular weight excluding hydrogens is 422 g/mol. The fourth-order valence-corrected chi connectivity index (χ4v) is 4.49. The van der Waals surface area contributed by atoms with Gasteiger partial charge in [-0.15, -0.1) is 0 Å². The van der Waals surface area contributed by atoms with Crippen molar-refractivity contribution in [2.45, 2.75) is 31.3 Å². The average Bonchev–Trinajstić information content (AvgIpc) is 3.15. The van der Waals surface area contributed by atoms with E-state index in [9.17, 15) is 9.59 Å². The SMILES string of the molecule is CCCn1c(=O)c2c(nc(-c3ccc(SN(C)C)cc3)n2Cc2ccccc2)n(C)c1=O. The molecule has 166 valence electrons. The van der Waals surface area contributed by atoms with E-state index in [1.54, 1.807) is 19.0 Å². The van der Waals surface area contributed by atoms with Crippen LogP contribution < -0.4 is 11.2 Å². The summed E-state index contributed by atoms with van der Waals surface area (Å²) in [7, 11) is 5.68. The van der Waals surface area contributed by atoms with E-state index in [2.05, 4.69) is 0 Å². The van der Waals surface area contributed by atoms with Crippen molar-refractivity contribution in [2.24, 2.45) is 7.05 Å². The van der Waals surface area contributed by atoms with Gasteiger partial charge in [0.1, 0.15) is 5.82 Å². The number of benzene rings is 2. The monoisotopic (exact) mass is 449 g/mol. The van der Waals surface area contributed by atoms with E-state index >= 15 is 0 Å². The van der Waals surface area contributed by atoms with Crippen LogP contribution in [0.4, 0.5) is 0 Å². The quantitative estimate of drug-likeness (QED) is 0.404. The minimum atomic E-state index is -0.335. The number of fused-ring (bicyclic) bond motifs is 1. The highest BCUT2D eigenvalue weighted by Crippen LogP contribution is 2.27. The molecule has 2 aromatic carbocycles. The predicted molar refractivity (Wildman–Crippen MR) is 130 cm³/mol. The molecule has 0 aliphatic carbocycles. The molecule has 0 aliphatic rings. The number of aromatic nitrogens is 4. The van der Waals surface area contributed by atoms with Crippen molar-refractivity contribution in [1.82, 2.24) is 23.0 Å². The van der Waals surface area contributed by atoms with E-state index < -0.39 is 0 Å². The third-order valence-corrected chi connectivity index (χ3v) is 6.11. The van der Waals surface area contributed by atoms with Crippen molar-refractivity contribution in [3.63, 3.8) is 0 Å². The first kappa shape index (κ1) is 22.1. The first-order valence-corrected chi connectivity index (χ1v) is 11.4. The van der Waals surface area contributed by atoms with Crippen LogP contribution in [0, 0.1) is 0 Å². The lowest BCUT2D eigenvalue weighted by Gasteiger charge is -2.12. The third kappa shape index (κ3) is 4.16. The van der Waals surface area contributed by atoms with Crippen LogP contribution in [-0.4, -0.2) is 37.1 Å². The second kappa shape index (κ2) is 9.18. The zero-order chi connectivity index (χ0) is 22.8. The summed E-state index contributed by atoms with van der Waals surface area (Å²) in [6, 6.07) is 18.1. The van der Waals surface area contributed by atoms with Gasteiger partial charge in [-0.2, -0.15) is 0 Å². The van der Waals surface area contributed by atoms with Crippen molar-refractivity contribution in [3.05, 3.63) is 81.0 Å². The molecule has 0 N–H and O–H groups in total. The minimum Gasteiger partial charge on any atom is -0.314 e. The highest BCUT2D eigenvalue weighted by atomic mass is 32.2. The molecule has 0 radical (unpaired) electrons. The summed E-state index contributed by atoms with van der Waals surface area (Å²) in [5.41, 5.74) is 2.19. The summed E-state index contributed by atoms with van der Waals surface area (Å²) < 4.78 is 6.76. The van der Waals surface area contributed by atoms with E-state index in [1.807, 2.05) is 84.5 Å². The molecule has 8 heteroatoms. The van der Waals surface area contributed by atoms with Crippen molar-refractivity contribution in [3.8, 4) is 11.4 Å². The van der Waals surface area contributed by atoms with E-state index in [0.29, 0.717) is 36.5 Å². The van der Waals surface area contributed by atoms with Gasteiger partial charge in [0.05, 0.1) is 0 Å². The molecule has 7 nitrogen and oxygen atoms in total. The van der Waals surface area contributed by atoms with Gasteiger partial charge in [0.15, 0.2) is 11.2 Å². The highest BCUT2D eigenvalue weighted by molar-refractivity contribution is 7.97. The second-order valence-corrected chi connectivity index (χ2v) is 9.29. The van der Waals surface area contributed by atoms with Crippen LogP contribution in [0.15, 0.2) is 69.1 Å². The topological polar surface area (TPSA) is 65.1 Å². The second-order valence-electron chi connectivity index (χ2n) is 7.91. The van der Waals surface area contributed by atoms with E-state index in [1.165, 1.54) is 9.13 Å². The van der Waals surface area contributed by atoms with Crippen LogP contribution in [0.25, 0.3) is 22.6 Å². The molecule has 4 aromatic rings. The normalized spacial score (nSPS) is 11.5. The predicted octanol–water partition coefficient (Wildman–Crippen LogP) is 3.59. The van der Waals surface area contributed by atoms with Gasteiger partial charge < -0.3 is 4.57 Å². The Morgan fingerprint density at radius 1 is 0.969 bits per heavy atom. The molecule has 0 amide bonds. The summed E-state index contributed by atoms with van der Waals surface area (Å²) >= 11 is 1.64. The lowest BCUT2D eigenvalue weighted by molar-refractivity contribution is 0.590. The van der Waals surface area contributed by atoms with Crippen molar-refractivity contribution in [1.29, 1.82) is 0 Å². The lowest BCUT2D eigenvalue weighted by Crippen LogP contribution is -2.39. The van der Waals surface area contributed by atoms with Crippen molar-refractivity contribution < 1.29 is 0 Å². The number of aryl methyl sites for hydroxylation is 1. The Balaban J connectivity index is 1.96. The maximum absolute atomic E-state index is 13.4. The first-order chi connectivity index (χ1) is 15.4. The fourth-order valence-electron chi connectivity index (χ4n) is 3.81. The summed E-state index contributed by atoms with van der Waals surface area (Å²) in [4.78, 5) is 32.1. The molecule has 0 aliphatic heterocycles. The number of rotatable bonds is 7. The Morgan fingerprint density at radius 2 is 1.66 bits per heavy atom. The molecule has 0 unspecified atom stereocenters. The Morgan fingerprint density at radius 3 is 2.28 bits per heavy atom. The zero-order valence-electron chi connectivity index (χ0n) is 18.8. The maximum atomic E-state index is 13.4. The van der Waals surface area contributed by atoms with Crippen LogP contribution in [0.1, 0.15) is 18.9 Å². The molecular formula is C24H27N5O2S. The molecule has 0 spiro atoms. The largest absolute Gasteiger partial charge is 0.332 e. The molecule has 0 atom stereocenters. The number of nitrogens with zero attached hydrogens (tertiary/aromatic N) is 5. The molecule has 0 saturated heterocycles. The highest BCUT2D eigenvalue weighted by Gasteiger charge is 2.21.